The molecule has 0 aliphatic carbocycles. The van der Waals surface area contributed by atoms with Gasteiger partial charge in [0.1, 0.15) is 18.0 Å². The standard InChI is InChI=1S/C19H24N6O3/c1-4-5-6-28-16-10-14-13(9-15(16)27-3)19(22-11-21-14)23-17-7-12(24-25-17)8-18(26)20-2/h7,9-11H,4-6,8H2,1-3H3,(H,20,26)(H2,21,22,23,24,25). The van der Waals surface area contributed by atoms with Crippen LogP contribution in [0.2, 0.25) is 0 Å². The van der Waals surface area contributed by atoms with E-state index in [9.17, 15) is 4.79 Å². The molecule has 0 atom stereocenters. The van der Waals surface area contributed by atoms with E-state index in [0.29, 0.717) is 35.4 Å². The number of aromatic amines is 1. The minimum Gasteiger partial charge on any atom is -0.493 e. The summed E-state index contributed by atoms with van der Waals surface area (Å²) < 4.78 is 11.3. The van der Waals surface area contributed by atoms with Gasteiger partial charge in [-0.25, -0.2) is 9.97 Å². The maximum absolute atomic E-state index is 11.5. The molecule has 2 aromatic heterocycles. The SMILES string of the molecule is CCCCOc1cc2ncnc(Nc3cc(CC(=O)NC)n[nH]3)c2cc1OC. The molecule has 0 unspecified atom stereocenters. The number of hydrogen-bond acceptors (Lipinski definition) is 7. The average Bonchev–Trinajstić information content (AvgIpc) is 3.14. The molecular weight excluding hydrogens is 360 g/mol. The minimum absolute atomic E-state index is 0.106. The number of nitrogens with zero attached hydrogens (tertiary/aromatic N) is 3. The molecule has 0 aliphatic rings. The van der Waals surface area contributed by atoms with Crippen molar-refractivity contribution < 1.29 is 14.3 Å². The summed E-state index contributed by atoms with van der Waals surface area (Å²) in [6.07, 6.45) is 3.70. The van der Waals surface area contributed by atoms with Crippen molar-refractivity contribution in [1.29, 1.82) is 0 Å². The van der Waals surface area contributed by atoms with E-state index < -0.39 is 0 Å². The van der Waals surface area contributed by atoms with Crippen molar-refractivity contribution in [3.63, 3.8) is 0 Å². The van der Waals surface area contributed by atoms with Crippen LogP contribution >= 0.6 is 0 Å². The monoisotopic (exact) mass is 384 g/mol. The lowest BCUT2D eigenvalue weighted by Crippen LogP contribution is -2.20. The molecule has 148 valence electrons. The van der Waals surface area contributed by atoms with Crippen LogP contribution in [0.15, 0.2) is 24.5 Å². The Bertz CT molecular complexity index is 956. The van der Waals surface area contributed by atoms with Crippen LogP contribution in [0.25, 0.3) is 10.9 Å². The summed E-state index contributed by atoms with van der Waals surface area (Å²) in [6, 6.07) is 5.46. The van der Waals surface area contributed by atoms with Crippen LogP contribution in [0, 0.1) is 0 Å². The van der Waals surface area contributed by atoms with Crippen LogP contribution in [-0.4, -0.2) is 46.8 Å². The van der Waals surface area contributed by atoms with Gasteiger partial charge in [-0.15, -0.1) is 0 Å². The van der Waals surface area contributed by atoms with E-state index in [0.717, 1.165) is 23.7 Å². The lowest BCUT2D eigenvalue weighted by atomic mass is 10.2. The Labute approximate surface area is 162 Å². The Kier molecular flexibility index (Phi) is 6.25. The van der Waals surface area contributed by atoms with Crippen LogP contribution in [0.3, 0.4) is 0 Å². The number of anilines is 2. The van der Waals surface area contributed by atoms with Crippen molar-refractivity contribution in [2.24, 2.45) is 0 Å². The van der Waals surface area contributed by atoms with Crippen LogP contribution in [0.1, 0.15) is 25.5 Å². The molecule has 2 heterocycles. The van der Waals surface area contributed by atoms with Crippen molar-refractivity contribution >= 4 is 28.4 Å². The smallest absolute Gasteiger partial charge is 0.225 e. The Balaban J connectivity index is 1.86. The fourth-order valence-electron chi connectivity index (χ4n) is 2.66. The van der Waals surface area contributed by atoms with Gasteiger partial charge in [0, 0.05) is 24.6 Å². The molecule has 3 rings (SSSR count). The summed E-state index contributed by atoms with van der Waals surface area (Å²) in [5, 5.41) is 13.5. The molecule has 9 heteroatoms. The maximum atomic E-state index is 11.5. The summed E-state index contributed by atoms with van der Waals surface area (Å²) in [7, 11) is 3.19. The first-order chi connectivity index (χ1) is 13.6. The third-order valence-corrected chi connectivity index (χ3v) is 4.18. The molecule has 0 fully saturated rings. The maximum Gasteiger partial charge on any atom is 0.225 e. The molecule has 28 heavy (non-hydrogen) atoms. The molecule has 9 nitrogen and oxygen atoms in total. The van der Waals surface area contributed by atoms with Crippen molar-refractivity contribution in [3.8, 4) is 11.5 Å². The van der Waals surface area contributed by atoms with Gasteiger partial charge in [0.15, 0.2) is 11.5 Å². The molecule has 0 saturated heterocycles. The predicted molar refractivity (Wildman–Crippen MR) is 106 cm³/mol. The lowest BCUT2D eigenvalue weighted by Gasteiger charge is -2.13. The predicted octanol–water partition coefficient (Wildman–Crippen LogP) is 2.57. The van der Waals surface area contributed by atoms with Gasteiger partial charge in [-0.3, -0.25) is 9.89 Å². The number of ether oxygens (including phenoxy) is 2. The number of fused-ring (bicyclic) bond motifs is 1. The molecule has 0 radical (unpaired) electrons. The van der Waals surface area contributed by atoms with Gasteiger partial charge < -0.3 is 20.1 Å². The number of nitrogens with one attached hydrogen (secondary N) is 3. The summed E-state index contributed by atoms with van der Waals surface area (Å²) >= 11 is 0. The third-order valence-electron chi connectivity index (χ3n) is 4.18. The van der Waals surface area contributed by atoms with Crippen LogP contribution in [0.5, 0.6) is 11.5 Å². The molecule has 0 saturated carbocycles. The van der Waals surface area contributed by atoms with E-state index in [1.807, 2.05) is 12.1 Å². The third kappa shape index (κ3) is 4.48. The van der Waals surface area contributed by atoms with Crippen molar-refractivity contribution in [2.45, 2.75) is 26.2 Å². The van der Waals surface area contributed by atoms with E-state index in [-0.39, 0.29) is 12.3 Å². The molecule has 0 aliphatic heterocycles. The van der Waals surface area contributed by atoms with Gasteiger partial charge in [-0.1, -0.05) is 13.3 Å². The highest BCUT2D eigenvalue weighted by Gasteiger charge is 2.13. The summed E-state index contributed by atoms with van der Waals surface area (Å²) in [5.41, 5.74) is 1.36. The van der Waals surface area contributed by atoms with E-state index in [1.54, 1.807) is 20.2 Å². The fourth-order valence-corrected chi connectivity index (χ4v) is 2.66. The Morgan fingerprint density at radius 2 is 2.07 bits per heavy atom. The number of likely N-dealkylation sites (N-methyl/N-ethyl adjacent to an activating group) is 1. The molecule has 3 aromatic rings. The molecular formula is C19H24N6O3. The van der Waals surface area contributed by atoms with Crippen molar-refractivity contribution in [3.05, 3.63) is 30.2 Å². The number of benzene rings is 1. The number of carbonyl (C=O) groups excluding carboxylic acids is 1. The minimum atomic E-state index is -0.106. The zero-order chi connectivity index (χ0) is 19.9. The fraction of sp³-hybridized carbons (Fsp3) is 0.368. The number of methoxy groups -OCH3 is 1. The quantitative estimate of drug-likeness (QED) is 0.486. The number of unbranched alkanes of at least 4 members (excludes halogenated alkanes) is 1. The second kappa shape index (κ2) is 9.03. The van der Waals surface area contributed by atoms with Gasteiger partial charge in [0.2, 0.25) is 5.91 Å². The molecule has 1 amide bonds. The van der Waals surface area contributed by atoms with E-state index in [1.165, 1.54) is 6.33 Å². The summed E-state index contributed by atoms with van der Waals surface area (Å²) in [5.74, 6) is 2.39. The topological polar surface area (TPSA) is 114 Å². The highest BCUT2D eigenvalue weighted by Crippen LogP contribution is 2.34. The highest BCUT2D eigenvalue weighted by molar-refractivity contribution is 5.92. The molecule has 1 aromatic carbocycles. The summed E-state index contributed by atoms with van der Waals surface area (Å²) in [4.78, 5) is 20.1. The van der Waals surface area contributed by atoms with Gasteiger partial charge in [0.05, 0.1) is 31.3 Å². The van der Waals surface area contributed by atoms with Gasteiger partial charge in [0.25, 0.3) is 0 Å². The van der Waals surface area contributed by atoms with Crippen molar-refractivity contribution in [1.82, 2.24) is 25.5 Å². The van der Waals surface area contributed by atoms with E-state index in [2.05, 4.69) is 37.7 Å². The van der Waals surface area contributed by atoms with E-state index in [4.69, 9.17) is 9.47 Å². The summed E-state index contributed by atoms with van der Waals surface area (Å²) in [6.45, 7) is 2.73. The number of amides is 1. The van der Waals surface area contributed by atoms with Crippen LogP contribution in [0.4, 0.5) is 11.6 Å². The van der Waals surface area contributed by atoms with Gasteiger partial charge >= 0.3 is 0 Å². The average molecular weight is 384 g/mol. The second-order valence-corrected chi connectivity index (χ2v) is 6.19. The molecule has 0 bridgehead atoms. The number of carbonyl (C=O) groups is 1. The lowest BCUT2D eigenvalue weighted by molar-refractivity contribution is -0.120. The van der Waals surface area contributed by atoms with E-state index >= 15 is 0 Å². The Morgan fingerprint density at radius 3 is 2.82 bits per heavy atom. The Morgan fingerprint density at radius 1 is 1.21 bits per heavy atom. The Hall–Kier alpha value is -3.36. The first-order valence-corrected chi connectivity index (χ1v) is 9.12. The molecule has 0 spiro atoms. The zero-order valence-electron chi connectivity index (χ0n) is 16.2. The zero-order valence-corrected chi connectivity index (χ0v) is 16.2. The van der Waals surface area contributed by atoms with Gasteiger partial charge in [-0.05, 0) is 12.5 Å². The largest absolute Gasteiger partial charge is 0.493 e. The van der Waals surface area contributed by atoms with Crippen LogP contribution in [-0.2, 0) is 11.2 Å². The van der Waals surface area contributed by atoms with Crippen LogP contribution < -0.4 is 20.1 Å². The normalized spacial score (nSPS) is 10.7. The first kappa shape index (κ1) is 19.4. The number of rotatable bonds is 9. The number of H-pyrrole nitrogens is 1. The van der Waals surface area contributed by atoms with Gasteiger partial charge in [-0.2, -0.15) is 5.10 Å². The molecule has 3 N–H and O–H groups in total. The number of aromatic nitrogens is 4. The number of hydrogen-bond donors (Lipinski definition) is 3. The second-order valence-electron chi connectivity index (χ2n) is 6.19. The first-order valence-electron chi connectivity index (χ1n) is 9.12. The van der Waals surface area contributed by atoms with Crippen molar-refractivity contribution in [2.75, 3.05) is 26.1 Å². The highest BCUT2D eigenvalue weighted by atomic mass is 16.5.